The fourth-order valence-corrected chi connectivity index (χ4v) is 8.43. The lowest BCUT2D eigenvalue weighted by atomic mass is 9.44. The van der Waals surface area contributed by atoms with E-state index < -0.39 is 29.6 Å². The molecule has 0 aromatic rings. The van der Waals surface area contributed by atoms with Crippen molar-refractivity contribution in [2.24, 2.45) is 40.4 Å². The molecule has 7 heteroatoms. The van der Waals surface area contributed by atoms with Crippen molar-refractivity contribution in [3.63, 3.8) is 0 Å². The number of Topliss-reactive ketones (excluding diaryl/α,β-unsaturated/α-hetero) is 3. The summed E-state index contributed by atoms with van der Waals surface area (Å²) in [7, 11) is 0. The lowest BCUT2D eigenvalue weighted by Crippen LogP contribution is -2.58. The minimum absolute atomic E-state index is 0.0155. The summed E-state index contributed by atoms with van der Waals surface area (Å²) >= 11 is 0. The Labute approximate surface area is 201 Å². The van der Waals surface area contributed by atoms with Gasteiger partial charge in [-0.1, -0.05) is 20.8 Å². The first kappa shape index (κ1) is 25.1. The molecule has 4 saturated carbocycles. The predicted octanol–water partition coefficient (Wildman–Crippen LogP) is 3.85. The molecule has 0 aromatic heterocycles. The van der Waals surface area contributed by atoms with Crippen molar-refractivity contribution >= 4 is 29.3 Å². The maximum atomic E-state index is 13.4. The van der Waals surface area contributed by atoms with Gasteiger partial charge in [0, 0.05) is 43.9 Å². The molecule has 4 fully saturated rings. The second-order valence-corrected chi connectivity index (χ2v) is 11.6. The van der Waals surface area contributed by atoms with Gasteiger partial charge in [-0.15, -0.1) is 0 Å². The highest BCUT2D eigenvalue weighted by molar-refractivity contribution is 6.38. The number of ketones is 3. The average Bonchev–Trinajstić information content (AvgIpc) is 3.04. The molecule has 0 spiro atoms. The molecular formula is C27H38O7. The summed E-state index contributed by atoms with van der Waals surface area (Å²) in [6.45, 7) is 8.81. The van der Waals surface area contributed by atoms with Crippen molar-refractivity contribution in [3.05, 3.63) is 0 Å². The summed E-state index contributed by atoms with van der Waals surface area (Å²) < 4.78 is 11.4. The molecule has 0 aromatic carbocycles. The van der Waals surface area contributed by atoms with Gasteiger partial charge in [0.1, 0.15) is 18.0 Å². The predicted molar refractivity (Wildman–Crippen MR) is 122 cm³/mol. The van der Waals surface area contributed by atoms with E-state index in [0.29, 0.717) is 32.1 Å². The second kappa shape index (κ2) is 8.87. The van der Waals surface area contributed by atoms with Crippen LogP contribution < -0.4 is 0 Å². The number of hydrogen-bond donors (Lipinski definition) is 0. The molecule has 0 heterocycles. The molecule has 0 radical (unpaired) electrons. The minimum Gasteiger partial charge on any atom is -0.459 e. The third kappa shape index (κ3) is 3.83. The van der Waals surface area contributed by atoms with Gasteiger partial charge in [-0.25, -0.2) is 0 Å². The van der Waals surface area contributed by atoms with E-state index in [-0.39, 0.29) is 52.4 Å². The Balaban J connectivity index is 1.72. The molecule has 9 atom stereocenters. The van der Waals surface area contributed by atoms with Crippen LogP contribution in [-0.2, 0) is 33.4 Å². The van der Waals surface area contributed by atoms with Crippen LogP contribution >= 0.6 is 0 Å². The second-order valence-electron chi connectivity index (χ2n) is 11.6. The van der Waals surface area contributed by atoms with Gasteiger partial charge >= 0.3 is 11.9 Å². The van der Waals surface area contributed by atoms with E-state index in [9.17, 15) is 24.0 Å². The smallest absolute Gasteiger partial charge is 0.303 e. The Hall–Kier alpha value is -2.05. The van der Waals surface area contributed by atoms with Gasteiger partial charge in [0.15, 0.2) is 5.78 Å². The number of fused-ring (bicyclic) bond motifs is 5. The van der Waals surface area contributed by atoms with Crippen LogP contribution in [0.4, 0.5) is 0 Å². The van der Waals surface area contributed by atoms with Crippen molar-refractivity contribution in [3.8, 4) is 0 Å². The maximum Gasteiger partial charge on any atom is 0.303 e. The molecule has 4 unspecified atom stereocenters. The van der Waals surface area contributed by atoms with E-state index in [1.807, 2.05) is 6.92 Å². The fourth-order valence-electron chi connectivity index (χ4n) is 8.43. The molecule has 4 aliphatic rings. The number of carbonyl (C=O) groups excluding carboxylic acids is 5. The van der Waals surface area contributed by atoms with Crippen LogP contribution in [0.3, 0.4) is 0 Å². The standard InChI is InChI=1S/C27H38O7/c1-6-21(33-14(2)28)25(34-15(3)29)17-13-22(31)27(5)11-9-18-16(23(17)27)7-8-19-24(32)20(30)10-12-26(18,19)4/h16-19,21,23,25H,6-13H2,1-5H3/t16-,17?,18-,19?,21?,23-,25?,26-,27-/m1/s1. The van der Waals surface area contributed by atoms with Crippen LogP contribution in [0.5, 0.6) is 0 Å². The quantitative estimate of drug-likeness (QED) is 0.440. The molecule has 0 N–H and O–H groups in total. The third-order valence-corrected chi connectivity index (χ3v) is 9.93. The molecule has 4 aliphatic carbocycles. The Bertz CT molecular complexity index is 909. The zero-order valence-electron chi connectivity index (χ0n) is 21.1. The van der Waals surface area contributed by atoms with Crippen molar-refractivity contribution < 1.29 is 33.4 Å². The third-order valence-electron chi connectivity index (χ3n) is 9.93. The van der Waals surface area contributed by atoms with Gasteiger partial charge in [-0.2, -0.15) is 0 Å². The van der Waals surface area contributed by atoms with Crippen LogP contribution in [0, 0.1) is 40.4 Å². The summed E-state index contributed by atoms with van der Waals surface area (Å²) in [6.07, 6.45) is 3.56. The molecule has 0 amide bonds. The molecule has 4 rings (SSSR count). The molecule has 0 saturated heterocycles. The van der Waals surface area contributed by atoms with Crippen LogP contribution in [0.15, 0.2) is 0 Å². The number of esters is 2. The zero-order chi connectivity index (χ0) is 25.0. The molecule has 7 nitrogen and oxygen atoms in total. The SMILES string of the molecule is CCC(OC(C)=O)C(OC(C)=O)C1CC(=O)[C@@]2(C)CC[C@@H]3[C@@H](CCC4C(=O)C(=O)CC[C@@]43C)[C@H]12. The molecule has 0 aliphatic heterocycles. The van der Waals surface area contributed by atoms with Crippen LogP contribution in [-0.4, -0.2) is 41.5 Å². The normalized spacial score (nSPS) is 41.1. The number of carbonyl (C=O) groups is 5. The van der Waals surface area contributed by atoms with E-state index in [1.54, 1.807) is 0 Å². The highest BCUT2D eigenvalue weighted by Crippen LogP contribution is 2.66. The van der Waals surface area contributed by atoms with Crippen molar-refractivity contribution in [1.29, 1.82) is 0 Å². The largest absolute Gasteiger partial charge is 0.459 e. The summed E-state index contributed by atoms with van der Waals surface area (Å²) in [5.74, 6) is -1.19. The van der Waals surface area contributed by atoms with E-state index >= 15 is 0 Å². The lowest BCUT2D eigenvalue weighted by molar-refractivity contribution is -0.179. The number of rotatable bonds is 5. The Kier molecular flexibility index (Phi) is 6.54. The van der Waals surface area contributed by atoms with Crippen LogP contribution in [0.1, 0.15) is 86.0 Å². The minimum atomic E-state index is -0.680. The maximum absolute atomic E-state index is 13.4. The highest BCUT2D eigenvalue weighted by atomic mass is 16.6. The average molecular weight is 475 g/mol. The zero-order valence-corrected chi connectivity index (χ0v) is 21.1. The highest BCUT2D eigenvalue weighted by Gasteiger charge is 2.65. The topological polar surface area (TPSA) is 104 Å². The summed E-state index contributed by atoms with van der Waals surface area (Å²) in [6, 6.07) is 0. The summed E-state index contributed by atoms with van der Waals surface area (Å²) in [5, 5.41) is 0. The van der Waals surface area contributed by atoms with Gasteiger partial charge in [0.2, 0.25) is 5.78 Å². The van der Waals surface area contributed by atoms with Crippen molar-refractivity contribution in [2.45, 2.75) is 98.2 Å². The van der Waals surface area contributed by atoms with Gasteiger partial charge in [0.05, 0.1) is 0 Å². The first-order chi connectivity index (χ1) is 15.9. The molecule has 0 bridgehead atoms. The first-order valence-corrected chi connectivity index (χ1v) is 12.9. The molecule has 188 valence electrons. The van der Waals surface area contributed by atoms with E-state index in [1.165, 1.54) is 13.8 Å². The Morgan fingerprint density at radius 3 is 2.29 bits per heavy atom. The van der Waals surface area contributed by atoms with Gasteiger partial charge in [-0.3, -0.25) is 24.0 Å². The van der Waals surface area contributed by atoms with Gasteiger partial charge < -0.3 is 9.47 Å². The van der Waals surface area contributed by atoms with Gasteiger partial charge in [-0.05, 0) is 61.7 Å². The van der Waals surface area contributed by atoms with E-state index in [0.717, 1.165) is 19.3 Å². The number of hydrogen-bond acceptors (Lipinski definition) is 7. The monoisotopic (exact) mass is 474 g/mol. The van der Waals surface area contributed by atoms with E-state index in [4.69, 9.17) is 9.47 Å². The summed E-state index contributed by atoms with van der Waals surface area (Å²) in [5.41, 5.74) is -0.765. The molecule has 34 heavy (non-hydrogen) atoms. The summed E-state index contributed by atoms with van der Waals surface area (Å²) in [4.78, 5) is 62.4. The van der Waals surface area contributed by atoms with Crippen LogP contribution in [0.2, 0.25) is 0 Å². The first-order valence-electron chi connectivity index (χ1n) is 12.9. The Morgan fingerprint density at radius 1 is 1.00 bits per heavy atom. The molecular weight excluding hydrogens is 436 g/mol. The fraction of sp³-hybridized carbons (Fsp3) is 0.815. The van der Waals surface area contributed by atoms with E-state index in [2.05, 4.69) is 13.8 Å². The van der Waals surface area contributed by atoms with Crippen LogP contribution in [0.25, 0.3) is 0 Å². The Morgan fingerprint density at radius 2 is 1.68 bits per heavy atom. The van der Waals surface area contributed by atoms with Crippen molar-refractivity contribution in [1.82, 2.24) is 0 Å². The lowest BCUT2D eigenvalue weighted by Gasteiger charge is -2.59. The van der Waals surface area contributed by atoms with Crippen molar-refractivity contribution in [2.75, 3.05) is 0 Å². The van der Waals surface area contributed by atoms with Gasteiger partial charge in [0.25, 0.3) is 0 Å². The number of ether oxygens (including phenoxy) is 2.